The number of nitrogens with one attached hydrogen (secondary N) is 2. The van der Waals surface area contributed by atoms with Crippen molar-refractivity contribution < 1.29 is 19.1 Å². The van der Waals surface area contributed by atoms with Crippen molar-refractivity contribution in [2.24, 2.45) is 5.41 Å². The van der Waals surface area contributed by atoms with Gasteiger partial charge in [0.15, 0.2) is 0 Å². The molecule has 1 spiro atoms. The van der Waals surface area contributed by atoms with Crippen LogP contribution >= 0.6 is 11.5 Å². The molecule has 3 amide bonds. The van der Waals surface area contributed by atoms with Crippen molar-refractivity contribution >= 4 is 29.3 Å². The van der Waals surface area contributed by atoms with E-state index in [1.165, 1.54) is 0 Å². The maximum Gasteiger partial charge on any atom is 0.267 e. The molecule has 0 bridgehead atoms. The highest BCUT2D eigenvalue weighted by Crippen LogP contribution is 2.38. The van der Waals surface area contributed by atoms with Crippen molar-refractivity contribution in [3.63, 3.8) is 0 Å². The predicted octanol–water partition coefficient (Wildman–Crippen LogP) is 1.14. The number of piperidine rings is 1. The number of hydrogen-bond donors (Lipinski definition) is 2. The first-order valence-electron chi connectivity index (χ1n) is 10.7. The molecule has 30 heavy (non-hydrogen) atoms. The quantitative estimate of drug-likeness (QED) is 0.717. The summed E-state index contributed by atoms with van der Waals surface area (Å²) in [5, 5.41) is 9.73. The van der Waals surface area contributed by atoms with E-state index >= 15 is 0 Å². The van der Waals surface area contributed by atoms with Crippen LogP contribution in [0.15, 0.2) is 0 Å². The zero-order chi connectivity index (χ0) is 21.6. The first kappa shape index (κ1) is 22.6. The van der Waals surface area contributed by atoms with E-state index in [1.54, 1.807) is 11.8 Å². The number of rotatable bonds is 2. The molecule has 9 nitrogen and oxygen atoms in total. The summed E-state index contributed by atoms with van der Waals surface area (Å²) in [6.07, 6.45) is 4.28. The number of aromatic nitrogens is 2. The van der Waals surface area contributed by atoms with Crippen molar-refractivity contribution in [3.8, 4) is 0 Å². The Balaban J connectivity index is 1.70. The molecule has 0 radical (unpaired) electrons. The lowest BCUT2D eigenvalue weighted by atomic mass is 9.73. The van der Waals surface area contributed by atoms with Gasteiger partial charge in [-0.05, 0) is 50.6 Å². The molecule has 2 aliphatic heterocycles. The second-order valence-electron chi connectivity index (χ2n) is 8.03. The van der Waals surface area contributed by atoms with Crippen LogP contribution in [0.3, 0.4) is 0 Å². The van der Waals surface area contributed by atoms with E-state index < -0.39 is 11.5 Å². The minimum Gasteiger partial charge on any atom is -0.380 e. The number of ether oxygens (including phenoxy) is 1. The molecule has 2 aliphatic rings. The fourth-order valence-corrected chi connectivity index (χ4v) is 4.78. The number of carbonyl (C=O) groups excluding carboxylic acids is 3. The SMILES string of the molecule is CCc1nnsc1C(=O)N1CCC2(CCCCOCCNC(=O)[C@H](C)NC2=O)CC1. The molecule has 3 heterocycles. The molecule has 0 unspecified atom stereocenters. The highest BCUT2D eigenvalue weighted by Gasteiger charge is 2.43. The molecular weight excluding hydrogens is 406 g/mol. The first-order chi connectivity index (χ1) is 14.5. The van der Waals surface area contributed by atoms with Crippen LogP contribution < -0.4 is 10.6 Å². The lowest BCUT2D eigenvalue weighted by Gasteiger charge is -2.41. The van der Waals surface area contributed by atoms with Gasteiger partial charge in [0.05, 0.1) is 17.7 Å². The molecule has 10 heteroatoms. The molecule has 0 aliphatic carbocycles. The van der Waals surface area contributed by atoms with Crippen LogP contribution in [0.2, 0.25) is 0 Å². The number of nitrogens with zero attached hydrogens (tertiary/aromatic N) is 3. The van der Waals surface area contributed by atoms with Gasteiger partial charge < -0.3 is 20.3 Å². The van der Waals surface area contributed by atoms with Gasteiger partial charge in [-0.15, -0.1) is 5.10 Å². The highest BCUT2D eigenvalue weighted by atomic mass is 32.1. The zero-order valence-electron chi connectivity index (χ0n) is 17.7. The maximum atomic E-state index is 13.2. The van der Waals surface area contributed by atoms with Crippen LogP contribution in [-0.2, 0) is 20.7 Å². The van der Waals surface area contributed by atoms with Gasteiger partial charge in [-0.2, -0.15) is 0 Å². The Hall–Kier alpha value is -2.07. The van der Waals surface area contributed by atoms with Crippen LogP contribution in [0.5, 0.6) is 0 Å². The number of likely N-dealkylation sites (tertiary alicyclic amines) is 1. The molecule has 1 aromatic heterocycles. The van der Waals surface area contributed by atoms with E-state index in [0.29, 0.717) is 57.0 Å². The third-order valence-corrected chi connectivity index (χ3v) is 6.81. The van der Waals surface area contributed by atoms with Crippen molar-refractivity contribution in [2.45, 2.75) is 58.4 Å². The molecular formula is C20H31N5O4S. The van der Waals surface area contributed by atoms with Crippen LogP contribution in [0, 0.1) is 5.41 Å². The minimum absolute atomic E-state index is 0.0529. The summed E-state index contributed by atoms with van der Waals surface area (Å²) in [5.41, 5.74) is 0.156. The summed E-state index contributed by atoms with van der Waals surface area (Å²) in [5.74, 6) is -0.354. The van der Waals surface area contributed by atoms with E-state index in [1.807, 2.05) is 6.92 Å². The van der Waals surface area contributed by atoms with Crippen LogP contribution in [-0.4, -0.2) is 71.1 Å². The molecule has 3 rings (SSSR count). The van der Waals surface area contributed by atoms with Crippen LogP contribution in [0.1, 0.15) is 61.3 Å². The molecule has 2 fully saturated rings. The molecule has 0 saturated carbocycles. The maximum absolute atomic E-state index is 13.2. The highest BCUT2D eigenvalue weighted by molar-refractivity contribution is 7.08. The predicted molar refractivity (Wildman–Crippen MR) is 112 cm³/mol. The summed E-state index contributed by atoms with van der Waals surface area (Å²) < 4.78 is 9.48. The second-order valence-corrected chi connectivity index (χ2v) is 8.78. The van der Waals surface area contributed by atoms with Crippen LogP contribution in [0.25, 0.3) is 0 Å². The molecule has 2 N–H and O–H groups in total. The fourth-order valence-electron chi connectivity index (χ4n) is 4.06. The molecule has 2 saturated heterocycles. The topological polar surface area (TPSA) is 114 Å². The number of hydrogen-bond acceptors (Lipinski definition) is 7. The normalized spacial score (nSPS) is 23.7. The number of aryl methyl sites for hydroxylation is 1. The summed E-state index contributed by atoms with van der Waals surface area (Å²) in [6, 6.07) is -0.606. The van der Waals surface area contributed by atoms with Gasteiger partial charge in [0.25, 0.3) is 5.91 Å². The van der Waals surface area contributed by atoms with Gasteiger partial charge in [0.2, 0.25) is 11.8 Å². The van der Waals surface area contributed by atoms with Gasteiger partial charge in [-0.1, -0.05) is 17.8 Å². The average molecular weight is 438 g/mol. The Morgan fingerprint density at radius 2 is 2.00 bits per heavy atom. The first-order valence-corrected chi connectivity index (χ1v) is 11.5. The smallest absolute Gasteiger partial charge is 0.267 e. The van der Waals surface area contributed by atoms with E-state index in [0.717, 1.165) is 36.5 Å². The molecule has 166 valence electrons. The van der Waals surface area contributed by atoms with Crippen molar-refractivity contribution in [1.29, 1.82) is 0 Å². The van der Waals surface area contributed by atoms with Gasteiger partial charge >= 0.3 is 0 Å². The number of carbonyl (C=O) groups is 3. The van der Waals surface area contributed by atoms with Crippen molar-refractivity contribution in [3.05, 3.63) is 10.6 Å². The van der Waals surface area contributed by atoms with Gasteiger partial charge in [0.1, 0.15) is 10.9 Å². The monoisotopic (exact) mass is 437 g/mol. The third kappa shape index (κ3) is 5.15. The van der Waals surface area contributed by atoms with Gasteiger partial charge in [-0.3, -0.25) is 14.4 Å². The Morgan fingerprint density at radius 1 is 1.23 bits per heavy atom. The summed E-state index contributed by atoms with van der Waals surface area (Å²) in [6.45, 7) is 6.19. The fraction of sp³-hybridized carbons (Fsp3) is 0.750. The number of amides is 3. The minimum atomic E-state index is -0.606. The van der Waals surface area contributed by atoms with E-state index in [2.05, 4.69) is 20.2 Å². The van der Waals surface area contributed by atoms with Gasteiger partial charge in [0, 0.05) is 26.2 Å². The van der Waals surface area contributed by atoms with Gasteiger partial charge in [-0.25, -0.2) is 0 Å². The average Bonchev–Trinajstić information content (AvgIpc) is 3.23. The standard InChI is InChI=1S/C20H31N5O4S/c1-3-15-16(30-24-23-15)18(27)25-10-7-20(8-11-25)6-4-5-12-29-13-9-21-17(26)14(2)22-19(20)28/h14H,3-13H2,1-2H3,(H,21,26)(H,22,28)/t14-/m0/s1. The molecule has 1 atom stereocenters. The van der Waals surface area contributed by atoms with E-state index in [9.17, 15) is 14.4 Å². The van der Waals surface area contributed by atoms with Crippen LogP contribution in [0.4, 0.5) is 0 Å². The van der Waals surface area contributed by atoms with E-state index in [-0.39, 0.29) is 17.7 Å². The largest absolute Gasteiger partial charge is 0.380 e. The Morgan fingerprint density at radius 3 is 2.73 bits per heavy atom. The second kappa shape index (κ2) is 10.3. The Labute approximate surface area is 181 Å². The lowest BCUT2D eigenvalue weighted by molar-refractivity contribution is -0.137. The third-order valence-electron chi connectivity index (χ3n) is 6.05. The Kier molecular flexibility index (Phi) is 7.76. The van der Waals surface area contributed by atoms with Crippen molar-refractivity contribution in [2.75, 3.05) is 32.8 Å². The summed E-state index contributed by atoms with van der Waals surface area (Å²) in [4.78, 5) is 40.7. The van der Waals surface area contributed by atoms with E-state index in [4.69, 9.17) is 4.74 Å². The summed E-state index contributed by atoms with van der Waals surface area (Å²) >= 11 is 1.13. The lowest BCUT2D eigenvalue weighted by Crippen LogP contribution is -2.54. The summed E-state index contributed by atoms with van der Waals surface area (Å²) in [7, 11) is 0. The van der Waals surface area contributed by atoms with Crippen molar-refractivity contribution in [1.82, 2.24) is 25.1 Å². The molecule has 0 aromatic carbocycles. The Bertz CT molecular complexity index is 760. The molecule has 1 aromatic rings. The zero-order valence-corrected chi connectivity index (χ0v) is 18.6.